The summed E-state index contributed by atoms with van der Waals surface area (Å²) in [7, 11) is 0. The SMILES string of the molecule is CCOC(=O)C/C=C(/[C@H](Cc1ccccc1)N(C(=O)OC(C)(C)C)C(=O)OC(C)(C)C)C(F)(F)F. The number of rotatable bonds is 7. The number of imide groups is 1. The monoisotopic (exact) mass is 501 g/mol. The molecule has 1 aromatic rings. The Bertz CT molecular complexity index is 871. The maximum atomic E-state index is 14.3. The first kappa shape index (κ1) is 30.0. The lowest BCUT2D eigenvalue weighted by Gasteiger charge is -2.35. The Kier molecular flexibility index (Phi) is 10.4. The number of nitrogens with zero attached hydrogens (tertiary/aromatic N) is 1. The van der Waals surface area contributed by atoms with Crippen LogP contribution in [0.25, 0.3) is 0 Å². The van der Waals surface area contributed by atoms with Gasteiger partial charge in [0.2, 0.25) is 0 Å². The van der Waals surface area contributed by atoms with Gasteiger partial charge < -0.3 is 14.2 Å². The van der Waals surface area contributed by atoms with E-state index in [1.165, 1.54) is 48.5 Å². The topological polar surface area (TPSA) is 82.1 Å². The van der Waals surface area contributed by atoms with E-state index in [4.69, 9.17) is 14.2 Å². The van der Waals surface area contributed by atoms with Crippen LogP contribution in [-0.4, -0.2) is 53.1 Å². The summed E-state index contributed by atoms with van der Waals surface area (Å²) in [5.41, 5.74) is -3.07. The molecule has 0 fully saturated rings. The molecule has 0 bridgehead atoms. The number of carbonyl (C=O) groups excluding carboxylic acids is 3. The highest BCUT2D eigenvalue weighted by Crippen LogP contribution is 2.34. The molecule has 0 aliphatic carbocycles. The summed E-state index contributed by atoms with van der Waals surface area (Å²) in [5, 5.41) is 0. The quantitative estimate of drug-likeness (QED) is 0.251. The van der Waals surface area contributed by atoms with Gasteiger partial charge in [0, 0.05) is 0 Å². The lowest BCUT2D eigenvalue weighted by molar-refractivity contribution is -0.142. The highest BCUT2D eigenvalue weighted by molar-refractivity contribution is 5.89. The molecule has 0 aromatic heterocycles. The summed E-state index contributed by atoms with van der Waals surface area (Å²) in [4.78, 5) is 38.4. The number of ether oxygens (including phenoxy) is 3. The van der Waals surface area contributed by atoms with Crippen molar-refractivity contribution in [2.45, 2.75) is 84.7 Å². The number of alkyl halides is 3. The van der Waals surface area contributed by atoms with E-state index in [9.17, 15) is 27.6 Å². The Morgan fingerprint density at radius 2 is 1.40 bits per heavy atom. The number of hydrogen-bond acceptors (Lipinski definition) is 6. The number of hydrogen-bond donors (Lipinski definition) is 0. The molecular formula is C25H34F3NO6. The van der Waals surface area contributed by atoms with Gasteiger partial charge in [-0.15, -0.1) is 0 Å². The van der Waals surface area contributed by atoms with E-state index in [1.807, 2.05) is 0 Å². The van der Waals surface area contributed by atoms with Gasteiger partial charge in [-0.1, -0.05) is 36.4 Å². The molecule has 10 heteroatoms. The minimum Gasteiger partial charge on any atom is -0.466 e. The van der Waals surface area contributed by atoms with Gasteiger partial charge in [-0.05, 0) is 60.5 Å². The van der Waals surface area contributed by atoms with Gasteiger partial charge in [0.25, 0.3) is 0 Å². The molecule has 0 aliphatic heterocycles. The Morgan fingerprint density at radius 1 is 0.914 bits per heavy atom. The molecule has 196 valence electrons. The molecule has 0 saturated heterocycles. The first-order valence-electron chi connectivity index (χ1n) is 11.2. The molecule has 7 nitrogen and oxygen atoms in total. The maximum absolute atomic E-state index is 14.3. The van der Waals surface area contributed by atoms with Crippen LogP contribution in [0.5, 0.6) is 0 Å². The van der Waals surface area contributed by atoms with E-state index < -0.39 is 60.0 Å². The largest absolute Gasteiger partial charge is 0.466 e. The van der Waals surface area contributed by atoms with E-state index >= 15 is 0 Å². The number of benzene rings is 1. The Labute approximate surface area is 204 Å². The van der Waals surface area contributed by atoms with Crippen LogP contribution in [-0.2, 0) is 25.4 Å². The molecule has 1 aromatic carbocycles. The van der Waals surface area contributed by atoms with Crippen LogP contribution in [0.1, 0.15) is 60.5 Å². The van der Waals surface area contributed by atoms with Crippen molar-refractivity contribution >= 4 is 18.2 Å². The van der Waals surface area contributed by atoms with Crippen molar-refractivity contribution in [1.29, 1.82) is 0 Å². The van der Waals surface area contributed by atoms with Crippen LogP contribution in [0, 0.1) is 0 Å². The molecular weight excluding hydrogens is 467 g/mol. The molecule has 1 rings (SSSR count). The number of carbonyl (C=O) groups is 3. The highest BCUT2D eigenvalue weighted by atomic mass is 19.4. The molecule has 0 unspecified atom stereocenters. The fourth-order valence-electron chi connectivity index (χ4n) is 2.98. The van der Waals surface area contributed by atoms with Crippen molar-refractivity contribution in [3.05, 3.63) is 47.5 Å². The van der Waals surface area contributed by atoms with Gasteiger partial charge >= 0.3 is 24.3 Å². The first-order valence-corrected chi connectivity index (χ1v) is 11.2. The van der Waals surface area contributed by atoms with Gasteiger partial charge in [0.15, 0.2) is 0 Å². The highest BCUT2D eigenvalue weighted by Gasteiger charge is 2.46. The molecule has 0 aliphatic rings. The third-order valence-electron chi connectivity index (χ3n) is 4.24. The second kappa shape index (κ2) is 12.1. The lowest BCUT2D eigenvalue weighted by Crippen LogP contribution is -2.52. The van der Waals surface area contributed by atoms with Crippen LogP contribution >= 0.6 is 0 Å². The van der Waals surface area contributed by atoms with E-state index in [0.29, 0.717) is 16.5 Å². The summed E-state index contributed by atoms with van der Waals surface area (Å²) < 4.78 is 58.3. The van der Waals surface area contributed by atoms with Crippen LogP contribution in [0.2, 0.25) is 0 Å². The molecule has 0 heterocycles. The average molecular weight is 502 g/mol. The standard InChI is InChI=1S/C25H34F3NO6/c1-8-33-20(30)15-14-18(25(26,27)28)19(16-17-12-10-9-11-13-17)29(21(31)34-23(2,3)4)22(32)35-24(5,6)7/h9-14,19H,8,15-16H2,1-7H3/b18-14-/t19-/m0/s1. The fraction of sp³-hybridized carbons (Fsp3) is 0.560. The first-order chi connectivity index (χ1) is 15.9. The molecule has 35 heavy (non-hydrogen) atoms. The zero-order valence-corrected chi connectivity index (χ0v) is 21.2. The minimum absolute atomic E-state index is 0.0105. The summed E-state index contributed by atoms with van der Waals surface area (Å²) in [6.45, 7) is 10.6. The van der Waals surface area contributed by atoms with Crippen molar-refractivity contribution in [2.24, 2.45) is 0 Å². The third-order valence-corrected chi connectivity index (χ3v) is 4.24. The summed E-state index contributed by atoms with van der Waals surface area (Å²) in [5.74, 6) is -0.881. The number of esters is 1. The Hall–Kier alpha value is -3.04. The van der Waals surface area contributed by atoms with Crippen molar-refractivity contribution in [3.8, 4) is 0 Å². The van der Waals surface area contributed by atoms with Crippen molar-refractivity contribution in [3.63, 3.8) is 0 Å². The van der Waals surface area contributed by atoms with E-state index in [2.05, 4.69) is 0 Å². The van der Waals surface area contributed by atoms with Crippen LogP contribution in [0.4, 0.5) is 22.8 Å². The number of halogens is 3. The fourth-order valence-corrected chi connectivity index (χ4v) is 2.98. The molecule has 0 radical (unpaired) electrons. The number of amides is 2. The molecule has 0 spiro atoms. The third kappa shape index (κ3) is 10.8. The average Bonchev–Trinajstić information content (AvgIpc) is 2.65. The van der Waals surface area contributed by atoms with Gasteiger partial charge in [0.05, 0.1) is 24.6 Å². The van der Waals surface area contributed by atoms with Crippen molar-refractivity contribution in [1.82, 2.24) is 4.90 Å². The summed E-state index contributed by atoms with van der Waals surface area (Å²) in [6.07, 6.45) is -8.07. The van der Waals surface area contributed by atoms with E-state index in [0.717, 1.165) is 0 Å². The predicted octanol–water partition coefficient (Wildman–Crippen LogP) is 6.21. The molecule has 2 amide bonds. The predicted molar refractivity (Wildman–Crippen MR) is 124 cm³/mol. The van der Waals surface area contributed by atoms with Gasteiger partial charge in [-0.3, -0.25) is 4.79 Å². The summed E-state index contributed by atoms with van der Waals surface area (Å²) in [6, 6.07) is 6.17. The van der Waals surface area contributed by atoms with Crippen molar-refractivity contribution < 1.29 is 41.8 Å². The van der Waals surface area contributed by atoms with E-state index in [-0.39, 0.29) is 6.61 Å². The second-order valence-electron chi connectivity index (χ2n) is 9.70. The van der Waals surface area contributed by atoms with Crippen LogP contribution in [0.15, 0.2) is 42.0 Å². The molecule has 0 N–H and O–H groups in total. The van der Waals surface area contributed by atoms with Gasteiger partial charge in [0.1, 0.15) is 11.2 Å². The van der Waals surface area contributed by atoms with Gasteiger partial charge in [-0.25, -0.2) is 14.5 Å². The normalized spacial score (nSPS) is 13.6. The molecule has 1 atom stereocenters. The Balaban J connectivity index is 3.71. The second-order valence-corrected chi connectivity index (χ2v) is 9.70. The maximum Gasteiger partial charge on any atom is 0.420 e. The zero-order chi connectivity index (χ0) is 27.0. The van der Waals surface area contributed by atoms with Crippen molar-refractivity contribution in [2.75, 3.05) is 6.61 Å². The van der Waals surface area contributed by atoms with Crippen LogP contribution in [0.3, 0.4) is 0 Å². The van der Waals surface area contributed by atoms with E-state index in [1.54, 1.807) is 30.3 Å². The zero-order valence-electron chi connectivity index (χ0n) is 21.2. The van der Waals surface area contributed by atoms with Crippen LogP contribution < -0.4 is 0 Å². The summed E-state index contributed by atoms with van der Waals surface area (Å²) >= 11 is 0. The lowest BCUT2D eigenvalue weighted by atomic mass is 9.96. The van der Waals surface area contributed by atoms with Gasteiger partial charge in [-0.2, -0.15) is 13.2 Å². The smallest absolute Gasteiger partial charge is 0.420 e. The Morgan fingerprint density at radius 3 is 1.80 bits per heavy atom. The molecule has 0 saturated carbocycles. The minimum atomic E-state index is -4.99.